The summed E-state index contributed by atoms with van der Waals surface area (Å²) < 4.78 is 0. The highest BCUT2D eigenvalue weighted by Crippen LogP contribution is 2.25. The molecule has 2 N–H and O–H groups in total. The van der Waals surface area contributed by atoms with Crippen molar-refractivity contribution in [3.05, 3.63) is 23.4 Å². The second-order valence-corrected chi connectivity index (χ2v) is 7.55. The molecule has 3 rings (SSSR count). The number of aromatic nitrogens is 1. The number of nitrogens with one attached hydrogen (secondary N) is 2. The van der Waals surface area contributed by atoms with Gasteiger partial charge >= 0.3 is 0 Å². The minimum atomic E-state index is 0. The van der Waals surface area contributed by atoms with Crippen LogP contribution in [0.2, 0.25) is 5.02 Å². The Labute approximate surface area is 185 Å². The molecule has 2 aliphatic rings. The van der Waals surface area contributed by atoms with Crippen molar-refractivity contribution < 1.29 is 0 Å². The van der Waals surface area contributed by atoms with E-state index in [0.717, 1.165) is 37.8 Å². The summed E-state index contributed by atoms with van der Waals surface area (Å²) in [5, 5.41) is 7.80. The quantitative estimate of drug-likeness (QED) is 0.353. The minimum absolute atomic E-state index is 0. The number of anilines is 1. The van der Waals surface area contributed by atoms with Crippen LogP contribution in [0.5, 0.6) is 0 Å². The molecular formula is C19H32ClIN6. The Bertz CT molecular complexity index is 608. The first kappa shape index (κ1) is 22.5. The lowest BCUT2D eigenvalue weighted by atomic mass is 10.2. The Balaban J connectivity index is 0.00000261. The van der Waals surface area contributed by atoms with Crippen LogP contribution in [-0.2, 0) is 0 Å². The number of pyridine rings is 1. The molecule has 6 nitrogen and oxygen atoms in total. The van der Waals surface area contributed by atoms with E-state index in [1.165, 1.54) is 32.4 Å². The molecule has 0 saturated carbocycles. The third kappa shape index (κ3) is 6.09. The van der Waals surface area contributed by atoms with Crippen molar-refractivity contribution in [3.8, 4) is 0 Å². The Morgan fingerprint density at radius 1 is 1.37 bits per heavy atom. The number of nitrogens with zero attached hydrogens (tertiary/aromatic N) is 4. The van der Waals surface area contributed by atoms with Crippen molar-refractivity contribution in [2.45, 2.75) is 44.7 Å². The van der Waals surface area contributed by atoms with Crippen molar-refractivity contribution in [3.63, 3.8) is 0 Å². The number of hydrogen-bond donors (Lipinski definition) is 2. The molecule has 152 valence electrons. The van der Waals surface area contributed by atoms with Crippen LogP contribution in [-0.4, -0.2) is 67.7 Å². The highest BCUT2D eigenvalue weighted by atomic mass is 127. The lowest BCUT2D eigenvalue weighted by Gasteiger charge is -2.28. The Morgan fingerprint density at radius 2 is 2.15 bits per heavy atom. The molecule has 8 heteroatoms. The molecule has 2 unspecified atom stereocenters. The third-order valence-electron chi connectivity index (χ3n) is 5.42. The molecule has 0 aromatic carbocycles. The van der Waals surface area contributed by atoms with Gasteiger partial charge in [-0.1, -0.05) is 18.5 Å². The van der Waals surface area contributed by atoms with Gasteiger partial charge in [0.25, 0.3) is 0 Å². The van der Waals surface area contributed by atoms with E-state index in [1.54, 1.807) is 6.20 Å². The van der Waals surface area contributed by atoms with Crippen LogP contribution in [0, 0.1) is 0 Å². The van der Waals surface area contributed by atoms with E-state index in [-0.39, 0.29) is 24.0 Å². The normalized spacial score (nSPS) is 21.8. The Morgan fingerprint density at radius 3 is 2.81 bits per heavy atom. The van der Waals surface area contributed by atoms with Gasteiger partial charge in [-0.15, -0.1) is 24.0 Å². The molecule has 0 bridgehead atoms. The van der Waals surface area contributed by atoms with Crippen LogP contribution >= 0.6 is 35.6 Å². The van der Waals surface area contributed by atoms with Gasteiger partial charge in [0.2, 0.25) is 0 Å². The van der Waals surface area contributed by atoms with Crippen LogP contribution in [0.15, 0.2) is 23.3 Å². The van der Waals surface area contributed by atoms with E-state index in [1.807, 2.05) is 19.2 Å². The van der Waals surface area contributed by atoms with Gasteiger partial charge in [0.1, 0.15) is 5.82 Å². The fourth-order valence-corrected chi connectivity index (χ4v) is 4.16. The average molecular weight is 507 g/mol. The van der Waals surface area contributed by atoms with Gasteiger partial charge in [0.05, 0.1) is 5.02 Å². The second kappa shape index (κ2) is 11.3. The van der Waals surface area contributed by atoms with E-state index in [2.05, 4.69) is 37.3 Å². The molecule has 2 aliphatic heterocycles. The predicted octanol–water partition coefficient (Wildman–Crippen LogP) is 2.97. The highest BCUT2D eigenvalue weighted by molar-refractivity contribution is 14.0. The SMILES string of the molecule is CCC(CNC(=NC)NC1CCN(c2ncccc2Cl)C1)N1CCCC1.I. The fourth-order valence-electron chi connectivity index (χ4n) is 3.92. The fraction of sp³-hybridized carbons (Fsp3) is 0.684. The maximum Gasteiger partial charge on any atom is 0.191 e. The van der Waals surface area contributed by atoms with Gasteiger partial charge in [-0.3, -0.25) is 9.89 Å². The molecule has 0 aliphatic carbocycles. The van der Waals surface area contributed by atoms with Gasteiger partial charge < -0.3 is 15.5 Å². The highest BCUT2D eigenvalue weighted by Gasteiger charge is 2.26. The summed E-state index contributed by atoms with van der Waals surface area (Å²) in [5.41, 5.74) is 0. The third-order valence-corrected chi connectivity index (χ3v) is 5.72. The van der Waals surface area contributed by atoms with Crippen molar-refractivity contribution in [2.24, 2.45) is 4.99 Å². The molecule has 2 fully saturated rings. The summed E-state index contributed by atoms with van der Waals surface area (Å²) >= 11 is 6.28. The number of rotatable bonds is 6. The molecule has 2 saturated heterocycles. The van der Waals surface area contributed by atoms with E-state index in [4.69, 9.17) is 11.6 Å². The first-order valence-corrected chi connectivity index (χ1v) is 10.2. The monoisotopic (exact) mass is 506 g/mol. The number of aliphatic imine (C=N–C) groups is 1. The van der Waals surface area contributed by atoms with Crippen molar-refractivity contribution >= 4 is 47.4 Å². The van der Waals surface area contributed by atoms with Crippen molar-refractivity contribution in [1.82, 2.24) is 20.5 Å². The smallest absolute Gasteiger partial charge is 0.191 e. The Hall–Kier alpha value is -0.800. The van der Waals surface area contributed by atoms with E-state index < -0.39 is 0 Å². The Kier molecular flexibility index (Phi) is 9.38. The van der Waals surface area contributed by atoms with Gasteiger partial charge in [-0.05, 0) is 50.9 Å². The molecule has 2 atom stereocenters. The van der Waals surface area contributed by atoms with E-state index in [9.17, 15) is 0 Å². The largest absolute Gasteiger partial charge is 0.355 e. The summed E-state index contributed by atoms with van der Waals surface area (Å²) in [5.74, 6) is 1.77. The average Bonchev–Trinajstić information content (AvgIpc) is 3.34. The van der Waals surface area contributed by atoms with Crippen LogP contribution in [0.25, 0.3) is 0 Å². The van der Waals surface area contributed by atoms with Crippen LogP contribution in [0.4, 0.5) is 5.82 Å². The first-order valence-electron chi connectivity index (χ1n) is 9.78. The van der Waals surface area contributed by atoms with Crippen molar-refractivity contribution in [2.75, 3.05) is 44.7 Å². The van der Waals surface area contributed by atoms with Crippen LogP contribution < -0.4 is 15.5 Å². The van der Waals surface area contributed by atoms with Gasteiger partial charge in [-0.2, -0.15) is 0 Å². The zero-order valence-electron chi connectivity index (χ0n) is 16.3. The maximum atomic E-state index is 6.28. The van der Waals surface area contributed by atoms with Crippen molar-refractivity contribution in [1.29, 1.82) is 0 Å². The summed E-state index contributed by atoms with van der Waals surface area (Å²) in [4.78, 5) is 13.7. The standard InChI is InChI=1S/C19H31ClN6.HI/c1-3-16(25-10-4-5-11-25)13-23-19(21-2)24-15-8-12-26(14-15)18-17(20)7-6-9-22-18;/h6-7,9,15-16H,3-5,8,10-14H2,1-2H3,(H2,21,23,24);1H. The summed E-state index contributed by atoms with van der Waals surface area (Å²) in [7, 11) is 1.84. The van der Waals surface area contributed by atoms with Crippen LogP contribution in [0.1, 0.15) is 32.6 Å². The molecule has 27 heavy (non-hydrogen) atoms. The molecule has 0 radical (unpaired) electrons. The summed E-state index contributed by atoms with van der Waals surface area (Å²) in [6, 6.07) is 4.71. The van der Waals surface area contributed by atoms with E-state index in [0.29, 0.717) is 17.1 Å². The number of guanidine groups is 1. The number of likely N-dealkylation sites (tertiary alicyclic amines) is 1. The molecule has 0 spiro atoms. The lowest BCUT2D eigenvalue weighted by Crippen LogP contribution is -2.49. The second-order valence-electron chi connectivity index (χ2n) is 7.14. The maximum absolute atomic E-state index is 6.28. The summed E-state index contributed by atoms with van der Waals surface area (Å²) in [6.45, 7) is 7.52. The zero-order valence-corrected chi connectivity index (χ0v) is 19.4. The molecule has 3 heterocycles. The van der Waals surface area contributed by atoms with E-state index >= 15 is 0 Å². The van der Waals surface area contributed by atoms with Gasteiger partial charge in [0, 0.05) is 45.0 Å². The predicted molar refractivity (Wildman–Crippen MR) is 125 cm³/mol. The topological polar surface area (TPSA) is 55.8 Å². The zero-order chi connectivity index (χ0) is 18.4. The lowest BCUT2D eigenvalue weighted by molar-refractivity contribution is 0.236. The molecular weight excluding hydrogens is 475 g/mol. The number of halogens is 2. The molecule has 1 aromatic rings. The summed E-state index contributed by atoms with van der Waals surface area (Å²) in [6.07, 6.45) is 6.68. The first-order chi connectivity index (χ1) is 12.7. The number of hydrogen-bond acceptors (Lipinski definition) is 4. The van der Waals surface area contributed by atoms with Crippen LogP contribution in [0.3, 0.4) is 0 Å². The molecule has 1 aromatic heterocycles. The van der Waals surface area contributed by atoms with Gasteiger partial charge in [-0.25, -0.2) is 4.98 Å². The molecule has 0 amide bonds. The minimum Gasteiger partial charge on any atom is -0.355 e. The van der Waals surface area contributed by atoms with Gasteiger partial charge in [0.15, 0.2) is 5.96 Å².